The molecule has 0 saturated heterocycles. The molecule has 2 radical (unpaired) electrons. The quantitative estimate of drug-likeness (QED) is 0.703. The topological polar surface area (TPSA) is 20.2 Å². The standard InChI is InChI=1S/C21H20OSi/c1-2-18-19(22)14-9-15-20(18)23-21(16-10-5-3-6-11-16)17-12-7-4-8-13-17/h3-15,21-22H,2H2,1H3. The number of phenols is 1. The van der Waals surface area contributed by atoms with E-state index in [2.05, 4.69) is 73.7 Å². The third-order valence-electron chi connectivity index (χ3n) is 4.07. The van der Waals surface area contributed by atoms with E-state index in [9.17, 15) is 5.11 Å². The molecule has 3 rings (SSSR count). The maximum atomic E-state index is 10.1. The molecule has 0 aliphatic carbocycles. The summed E-state index contributed by atoms with van der Waals surface area (Å²) < 4.78 is 0. The summed E-state index contributed by atoms with van der Waals surface area (Å²) in [5.41, 5.74) is 4.04. The van der Waals surface area contributed by atoms with Crippen LogP contribution < -0.4 is 5.19 Å². The Morgan fingerprint density at radius 3 is 1.87 bits per heavy atom. The first kappa shape index (κ1) is 15.6. The summed E-state index contributed by atoms with van der Waals surface area (Å²) in [4.78, 5) is 0. The van der Waals surface area contributed by atoms with Crippen LogP contribution in [0.1, 0.15) is 29.2 Å². The third kappa shape index (κ3) is 3.54. The molecule has 23 heavy (non-hydrogen) atoms. The lowest BCUT2D eigenvalue weighted by Gasteiger charge is -2.19. The number of hydrogen-bond acceptors (Lipinski definition) is 1. The molecule has 0 fully saturated rings. The molecule has 0 spiro atoms. The SMILES string of the molecule is CCc1c(O)cccc1[Si]C(c1ccccc1)c1ccccc1. The van der Waals surface area contributed by atoms with Gasteiger partial charge in [-0.25, -0.2) is 0 Å². The fourth-order valence-electron chi connectivity index (χ4n) is 2.89. The molecule has 3 aromatic rings. The van der Waals surface area contributed by atoms with Gasteiger partial charge in [0.25, 0.3) is 0 Å². The van der Waals surface area contributed by atoms with Gasteiger partial charge in [0, 0.05) is 5.54 Å². The zero-order valence-corrected chi connectivity index (χ0v) is 14.2. The summed E-state index contributed by atoms with van der Waals surface area (Å²) in [5, 5.41) is 11.4. The second-order valence-electron chi connectivity index (χ2n) is 5.56. The Morgan fingerprint density at radius 1 is 0.783 bits per heavy atom. The van der Waals surface area contributed by atoms with Gasteiger partial charge < -0.3 is 5.11 Å². The van der Waals surface area contributed by atoms with E-state index in [-0.39, 0.29) is 0 Å². The zero-order valence-electron chi connectivity index (χ0n) is 13.2. The summed E-state index contributed by atoms with van der Waals surface area (Å²) in [6, 6.07) is 27.2. The van der Waals surface area contributed by atoms with Crippen molar-refractivity contribution < 1.29 is 5.11 Å². The minimum absolute atomic E-state index is 0.324. The van der Waals surface area contributed by atoms with Crippen LogP contribution in [0.3, 0.4) is 0 Å². The molecule has 0 atom stereocenters. The van der Waals surface area contributed by atoms with Crippen molar-refractivity contribution in [3.05, 3.63) is 95.6 Å². The minimum Gasteiger partial charge on any atom is -0.508 e. The lowest BCUT2D eigenvalue weighted by molar-refractivity contribution is 0.469. The number of aromatic hydroxyl groups is 1. The fraction of sp³-hybridized carbons (Fsp3) is 0.143. The van der Waals surface area contributed by atoms with Crippen molar-refractivity contribution >= 4 is 14.7 Å². The van der Waals surface area contributed by atoms with Crippen LogP contribution in [0.15, 0.2) is 78.9 Å². The molecule has 0 unspecified atom stereocenters. The summed E-state index contributed by atoms with van der Waals surface area (Å²) >= 11 is 0. The van der Waals surface area contributed by atoms with Crippen LogP contribution in [-0.4, -0.2) is 14.6 Å². The number of benzene rings is 3. The second kappa shape index (κ2) is 7.29. The molecule has 0 amide bonds. The summed E-state index contributed by atoms with van der Waals surface area (Å²) in [7, 11) is 0.592. The molecular weight excluding hydrogens is 296 g/mol. The summed E-state index contributed by atoms with van der Waals surface area (Å²) in [5.74, 6) is 0.414. The summed E-state index contributed by atoms with van der Waals surface area (Å²) in [6.45, 7) is 2.10. The Labute approximate surface area is 140 Å². The van der Waals surface area contributed by atoms with Gasteiger partial charge >= 0.3 is 0 Å². The lowest BCUT2D eigenvalue weighted by Crippen LogP contribution is -2.26. The Morgan fingerprint density at radius 2 is 1.35 bits per heavy atom. The van der Waals surface area contributed by atoms with E-state index in [0.717, 1.165) is 12.0 Å². The zero-order chi connectivity index (χ0) is 16.1. The van der Waals surface area contributed by atoms with Crippen molar-refractivity contribution in [2.75, 3.05) is 0 Å². The molecule has 0 heterocycles. The van der Waals surface area contributed by atoms with E-state index in [1.54, 1.807) is 6.07 Å². The monoisotopic (exact) mass is 316 g/mol. The molecule has 0 saturated carbocycles. The highest BCUT2D eigenvalue weighted by atomic mass is 28.2. The highest BCUT2D eigenvalue weighted by molar-refractivity contribution is 6.56. The Hall–Kier alpha value is -2.32. The van der Waals surface area contributed by atoms with Crippen molar-refractivity contribution in [3.8, 4) is 5.75 Å². The molecule has 114 valence electrons. The Balaban J connectivity index is 2.02. The number of phenolic OH excluding ortho intramolecular Hbond substituents is 1. The predicted molar refractivity (Wildman–Crippen MR) is 97.6 cm³/mol. The van der Waals surface area contributed by atoms with Gasteiger partial charge in [0.2, 0.25) is 0 Å². The summed E-state index contributed by atoms with van der Waals surface area (Å²) in [6.07, 6.45) is 0.852. The number of hydrogen-bond donors (Lipinski definition) is 1. The van der Waals surface area contributed by atoms with E-state index in [1.807, 2.05) is 6.07 Å². The van der Waals surface area contributed by atoms with Gasteiger partial charge in [-0.05, 0) is 29.2 Å². The minimum atomic E-state index is 0.324. The lowest BCUT2D eigenvalue weighted by atomic mass is 10.0. The van der Waals surface area contributed by atoms with Gasteiger partial charge in [-0.15, -0.1) is 0 Å². The molecule has 3 aromatic carbocycles. The molecule has 0 aromatic heterocycles. The van der Waals surface area contributed by atoms with Gasteiger partial charge in [0.15, 0.2) is 0 Å². The largest absolute Gasteiger partial charge is 0.508 e. The van der Waals surface area contributed by atoms with Crippen molar-refractivity contribution in [1.29, 1.82) is 0 Å². The van der Waals surface area contributed by atoms with Crippen molar-refractivity contribution in [3.63, 3.8) is 0 Å². The van der Waals surface area contributed by atoms with E-state index in [0.29, 0.717) is 20.8 Å². The van der Waals surface area contributed by atoms with Crippen LogP contribution in [0.5, 0.6) is 5.75 Å². The highest BCUT2D eigenvalue weighted by Gasteiger charge is 2.18. The first-order valence-electron chi connectivity index (χ1n) is 7.97. The van der Waals surface area contributed by atoms with Gasteiger partial charge in [-0.2, -0.15) is 0 Å². The van der Waals surface area contributed by atoms with Crippen molar-refractivity contribution in [2.24, 2.45) is 0 Å². The molecule has 0 aliphatic rings. The third-order valence-corrected chi connectivity index (χ3v) is 5.81. The molecule has 0 aliphatic heterocycles. The molecule has 2 heteroatoms. The van der Waals surface area contributed by atoms with Crippen LogP contribution in [0.25, 0.3) is 0 Å². The Bertz CT molecular complexity index is 714. The van der Waals surface area contributed by atoms with Gasteiger partial charge in [0.05, 0.1) is 9.52 Å². The van der Waals surface area contributed by atoms with E-state index in [1.165, 1.54) is 16.3 Å². The van der Waals surface area contributed by atoms with Crippen molar-refractivity contribution in [2.45, 2.75) is 18.9 Å². The van der Waals surface area contributed by atoms with Gasteiger partial charge in [-0.1, -0.05) is 84.9 Å². The molecular formula is C21H20OSi. The first-order chi connectivity index (χ1) is 11.3. The van der Waals surface area contributed by atoms with E-state index in [4.69, 9.17) is 0 Å². The van der Waals surface area contributed by atoms with E-state index >= 15 is 0 Å². The Kier molecular flexibility index (Phi) is 4.94. The van der Waals surface area contributed by atoms with Crippen LogP contribution in [0, 0.1) is 0 Å². The van der Waals surface area contributed by atoms with Gasteiger partial charge in [0.1, 0.15) is 5.75 Å². The number of rotatable bonds is 5. The molecule has 1 N–H and O–H groups in total. The van der Waals surface area contributed by atoms with Crippen LogP contribution in [0.4, 0.5) is 0 Å². The average molecular weight is 316 g/mol. The normalized spacial score (nSPS) is 10.9. The molecule has 0 bridgehead atoms. The smallest absolute Gasteiger partial charge is 0.118 e. The average Bonchev–Trinajstić information content (AvgIpc) is 2.61. The van der Waals surface area contributed by atoms with Gasteiger partial charge in [-0.3, -0.25) is 0 Å². The highest BCUT2D eigenvalue weighted by Crippen LogP contribution is 2.24. The van der Waals surface area contributed by atoms with Crippen molar-refractivity contribution in [1.82, 2.24) is 0 Å². The second-order valence-corrected chi connectivity index (χ2v) is 6.96. The molecule has 1 nitrogen and oxygen atoms in total. The first-order valence-corrected chi connectivity index (χ1v) is 9.04. The maximum absolute atomic E-state index is 10.1. The fourth-order valence-corrected chi connectivity index (χ4v) is 4.59. The maximum Gasteiger partial charge on any atom is 0.118 e. The van der Waals surface area contributed by atoms with Crippen LogP contribution in [-0.2, 0) is 6.42 Å². The van der Waals surface area contributed by atoms with Crippen LogP contribution >= 0.6 is 0 Å². The van der Waals surface area contributed by atoms with Crippen LogP contribution in [0.2, 0.25) is 0 Å². The predicted octanol–water partition coefficient (Wildman–Crippen LogP) is 4.07. The van der Waals surface area contributed by atoms with E-state index < -0.39 is 0 Å².